The first-order valence-corrected chi connectivity index (χ1v) is 10.6. The van der Waals surface area contributed by atoms with Crippen LogP contribution >= 0.6 is 0 Å². The van der Waals surface area contributed by atoms with E-state index in [4.69, 9.17) is 4.74 Å². The highest BCUT2D eigenvalue weighted by Crippen LogP contribution is 2.49. The molecule has 0 heterocycles. The number of esters is 1. The van der Waals surface area contributed by atoms with Crippen molar-refractivity contribution in [3.8, 4) is 0 Å². The maximum atomic E-state index is 12.3. The van der Waals surface area contributed by atoms with E-state index in [1.807, 2.05) is 0 Å². The Hall–Kier alpha value is -2.17. The van der Waals surface area contributed by atoms with Gasteiger partial charge in [0.1, 0.15) is 0 Å². The second-order valence-corrected chi connectivity index (χ2v) is 8.31. The van der Waals surface area contributed by atoms with Gasteiger partial charge in [0, 0.05) is 24.1 Å². The first-order chi connectivity index (χ1) is 13.5. The predicted octanol–water partition coefficient (Wildman–Crippen LogP) is 4.76. The second kappa shape index (κ2) is 9.85. The summed E-state index contributed by atoms with van der Waals surface area (Å²) in [5.74, 6) is 1.43. The third kappa shape index (κ3) is 5.66. The second-order valence-electron chi connectivity index (χ2n) is 8.31. The SMILES string of the molecule is CCCCCC(=O)Nc1ccc(C(=O)COC(=O)C[C@@H]2C[C@H]3CC[C@@H]2C3)cc1. The number of ketones is 1. The van der Waals surface area contributed by atoms with E-state index >= 15 is 0 Å². The third-order valence-electron chi connectivity index (χ3n) is 6.18. The van der Waals surface area contributed by atoms with E-state index in [1.165, 1.54) is 19.3 Å². The number of hydrogen-bond acceptors (Lipinski definition) is 4. The summed E-state index contributed by atoms with van der Waals surface area (Å²) in [6.07, 6.45) is 8.90. The zero-order valence-corrected chi connectivity index (χ0v) is 16.7. The van der Waals surface area contributed by atoms with Gasteiger partial charge >= 0.3 is 5.97 Å². The molecule has 1 aromatic carbocycles. The molecule has 2 bridgehead atoms. The molecule has 2 aliphatic carbocycles. The first-order valence-electron chi connectivity index (χ1n) is 10.6. The van der Waals surface area contributed by atoms with E-state index in [2.05, 4.69) is 12.2 Å². The van der Waals surface area contributed by atoms with E-state index in [9.17, 15) is 14.4 Å². The molecule has 1 aromatic rings. The maximum Gasteiger partial charge on any atom is 0.306 e. The van der Waals surface area contributed by atoms with Crippen molar-refractivity contribution in [3.63, 3.8) is 0 Å². The number of rotatable bonds is 10. The van der Waals surface area contributed by atoms with Gasteiger partial charge in [-0.05, 0) is 67.7 Å². The fraction of sp³-hybridized carbons (Fsp3) is 0.609. The Morgan fingerprint density at radius 2 is 1.86 bits per heavy atom. The van der Waals surface area contributed by atoms with Crippen molar-refractivity contribution in [1.82, 2.24) is 0 Å². The van der Waals surface area contributed by atoms with Crippen LogP contribution in [0.1, 0.15) is 75.1 Å². The van der Waals surface area contributed by atoms with Crippen LogP contribution in [0.5, 0.6) is 0 Å². The van der Waals surface area contributed by atoms with Gasteiger partial charge < -0.3 is 10.1 Å². The van der Waals surface area contributed by atoms with Crippen molar-refractivity contribution >= 4 is 23.3 Å². The molecule has 5 nitrogen and oxygen atoms in total. The molecule has 0 unspecified atom stereocenters. The van der Waals surface area contributed by atoms with Gasteiger partial charge in [0.2, 0.25) is 5.91 Å². The minimum Gasteiger partial charge on any atom is -0.457 e. The lowest BCUT2D eigenvalue weighted by Crippen LogP contribution is -2.19. The number of carbonyl (C=O) groups is 3. The molecule has 0 aromatic heterocycles. The van der Waals surface area contributed by atoms with E-state index in [1.54, 1.807) is 24.3 Å². The summed E-state index contributed by atoms with van der Waals surface area (Å²) >= 11 is 0. The number of Topliss-reactive ketones (excluding diaryl/α,β-unsaturated/α-hetero) is 1. The zero-order valence-electron chi connectivity index (χ0n) is 16.7. The number of fused-ring (bicyclic) bond motifs is 2. The van der Waals surface area contributed by atoms with Crippen LogP contribution in [0.3, 0.4) is 0 Å². The number of nitrogens with one attached hydrogen (secondary N) is 1. The average Bonchev–Trinajstić information content (AvgIpc) is 3.30. The third-order valence-corrected chi connectivity index (χ3v) is 6.18. The van der Waals surface area contributed by atoms with Crippen LogP contribution < -0.4 is 5.32 Å². The Morgan fingerprint density at radius 1 is 1.07 bits per heavy atom. The number of amides is 1. The molecule has 5 heteroatoms. The summed E-state index contributed by atoms with van der Waals surface area (Å²) in [6.45, 7) is 1.88. The molecule has 28 heavy (non-hydrogen) atoms. The normalized spacial score (nSPS) is 22.8. The fourth-order valence-electron chi connectivity index (χ4n) is 4.63. The van der Waals surface area contributed by atoms with Gasteiger partial charge in [0.25, 0.3) is 0 Å². The quantitative estimate of drug-likeness (QED) is 0.358. The van der Waals surface area contributed by atoms with Gasteiger partial charge in [-0.25, -0.2) is 0 Å². The molecule has 2 saturated carbocycles. The molecular weight excluding hydrogens is 354 g/mol. The van der Waals surface area contributed by atoms with Crippen LogP contribution in [-0.4, -0.2) is 24.3 Å². The summed E-state index contributed by atoms with van der Waals surface area (Å²) in [4.78, 5) is 36.2. The molecule has 1 N–H and O–H groups in total. The predicted molar refractivity (Wildman–Crippen MR) is 108 cm³/mol. The number of ether oxygens (including phenoxy) is 1. The minimum atomic E-state index is -0.262. The fourth-order valence-corrected chi connectivity index (χ4v) is 4.63. The van der Waals surface area contributed by atoms with Gasteiger partial charge in [-0.3, -0.25) is 14.4 Å². The number of unbranched alkanes of at least 4 members (excludes halogenated alkanes) is 2. The van der Waals surface area contributed by atoms with Crippen LogP contribution in [0.2, 0.25) is 0 Å². The first kappa shape index (κ1) is 20.6. The van der Waals surface area contributed by atoms with Gasteiger partial charge in [-0.15, -0.1) is 0 Å². The Labute approximate surface area is 167 Å². The Bertz CT molecular complexity index is 697. The maximum absolute atomic E-state index is 12.3. The molecule has 2 fully saturated rings. The standard InChI is InChI=1S/C23H31NO4/c1-2-3-4-5-22(26)24-20-10-8-17(9-11-20)21(25)15-28-23(27)14-19-13-16-6-7-18(19)12-16/h8-11,16,18-19H,2-7,12-15H2,1H3,(H,24,26)/t16-,18+,19-/m0/s1. The molecule has 0 spiro atoms. The lowest BCUT2D eigenvalue weighted by Gasteiger charge is -2.20. The van der Waals surface area contributed by atoms with Crippen molar-refractivity contribution in [2.75, 3.05) is 11.9 Å². The smallest absolute Gasteiger partial charge is 0.306 e. The van der Waals surface area contributed by atoms with Gasteiger partial charge in [0.15, 0.2) is 12.4 Å². The van der Waals surface area contributed by atoms with Crippen LogP contribution in [0.25, 0.3) is 0 Å². The van der Waals surface area contributed by atoms with Gasteiger partial charge in [-0.1, -0.05) is 26.2 Å². The number of hydrogen-bond donors (Lipinski definition) is 1. The zero-order chi connectivity index (χ0) is 19.9. The van der Waals surface area contributed by atoms with E-state index in [0.717, 1.165) is 31.6 Å². The van der Waals surface area contributed by atoms with Gasteiger partial charge in [-0.2, -0.15) is 0 Å². The van der Waals surface area contributed by atoms with Crippen LogP contribution in [-0.2, 0) is 14.3 Å². The summed E-state index contributed by atoms with van der Waals surface area (Å²) < 4.78 is 5.22. The Kier molecular flexibility index (Phi) is 7.24. The van der Waals surface area contributed by atoms with Gasteiger partial charge in [0.05, 0.1) is 0 Å². The number of benzene rings is 1. The molecule has 0 saturated heterocycles. The minimum absolute atomic E-state index is 0.0120. The molecular formula is C23H31NO4. The number of carbonyl (C=O) groups excluding carboxylic acids is 3. The topological polar surface area (TPSA) is 72.5 Å². The molecule has 0 aliphatic heterocycles. The van der Waals surface area contributed by atoms with E-state index in [-0.39, 0.29) is 24.3 Å². The highest BCUT2D eigenvalue weighted by atomic mass is 16.5. The highest BCUT2D eigenvalue weighted by Gasteiger charge is 2.40. The van der Waals surface area contributed by atoms with Crippen molar-refractivity contribution < 1.29 is 19.1 Å². The average molecular weight is 386 g/mol. The van der Waals surface area contributed by atoms with E-state index < -0.39 is 0 Å². The highest BCUT2D eigenvalue weighted by molar-refractivity contribution is 5.98. The molecule has 152 valence electrons. The lowest BCUT2D eigenvalue weighted by molar-refractivity contribution is -0.144. The largest absolute Gasteiger partial charge is 0.457 e. The summed E-state index contributed by atoms with van der Waals surface area (Å²) in [5, 5.41) is 2.84. The molecule has 1 amide bonds. The van der Waals surface area contributed by atoms with Crippen molar-refractivity contribution in [3.05, 3.63) is 29.8 Å². The summed E-state index contributed by atoms with van der Waals surface area (Å²) in [7, 11) is 0. The lowest BCUT2D eigenvalue weighted by atomic mass is 9.86. The van der Waals surface area contributed by atoms with Crippen molar-refractivity contribution in [2.24, 2.45) is 17.8 Å². The number of anilines is 1. The Morgan fingerprint density at radius 3 is 2.50 bits per heavy atom. The monoisotopic (exact) mass is 385 g/mol. The van der Waals surface area contributed by atoms with E-state index in [0.29, 0.717) is 35.9 Å². The summed E-state index contributed by atoms with van der Waals surface area (Å²) in [5.41, 5.74) is 1.16. The van der Waals surface area contributed by atoms with Crippen molar-refractivity contribution in [1.29, 1.82) is 0 Å². The molecule has 3 atom stereocenters. The summed E-state index contributed by atoms with van der Waals surface area (Å²) in [6, 6.07) is 6.74. The molecule has 0 radical (unpaired) electrons. The van der Waals surface area contributed by atoms with Crippen LogP contribution in [0, 0.1) is 17.8 Å². The van der Waals surface area contributed by atoms with Crippen LogP contribution in [0.15, 0.2) is 24.3 Å². The van der Waals surface area contributed by atoms with Crippen LogP contribution in [0.4, 0.5) is 5.69 Å². The molecule has 2 aliphatic rings. The van der Waals surface area contributed by atoms with Crippen molar-refractivity contribution in [2.45, 2.75) is 64.7 Å². The Balaban J connectivity index is 1.39. The molecule has 3 rings (SSSR count).